The van der Waals surface area contributed by atoms with Crippen molar-refractivity contribution in [3.8, 4) is 0 Å². The molecule has 0 aromatic heterocycles. The molecule has 0 spiro atoms. The van der Waals surface area contributed by atoms with E-state index in [0.717, 1.165) is 17.3 Å². The topological polar surface area (TPSA) is 92.4 Å². The third-order valence-corrected chi connectivity index (χ3v) is 3.31. The molecular formula is C12H15FN2O3S. The molecule has 7 heteroatoms. The van der Waals surface area contributed by atoms with Crippen LogP contribution in [0.3, 0.4) is 0 Å². The molecule has 0 aliphatic carbocycles. The maximum absolute atomic E-state index is 12.6. The van der Waals surface area contributed by atoms with Crippen LogP contribution in [0.15, 0.2) is 24.3 Å². The van der Waals surface area contributed by atoms with E-state index in [1.54, 1.807) is 12.1 Å². The van der Waals surface area contributed by atoms with Crippen LogP contribution in [-0.2, 0) is 16.1 Å². The van der Waals surface area contributed by atoms with Gasteiger partial charge in [-0.3, -0.25) is 9.59 Å². The highest BCUT2D eigenvalue weighted by Gasteiger charge is 2.12. The van der Waals surface area contributed by atoms with E-state index in [9.17, 15) is 14.0 Å². The second kappa shape index (κ2) is 7.75. The van der Waals surface area contributed by atoms with Crippen LogP contribution in [-0.4, -0.2) is 34.5 Å². The fourth-order valence-corrected chi connectivity index (χ4v) is 2.01. The summed E-state index contributed by atoms with van der Waals surface area (Å²) in [7, 11) is 0. The van der Waals surface area contributed by atoms with Gasteiger partial charge in [0.1, 0.15) is 11.9 Å². The van der Waals surface area contributed by atoms with Crippen LogP contribution in [0.5, 0.6) is 0 Å². The monoisotopic (exact) mass is 286 g/mol. The minimum Gasteiger partial charge on any atom is -0.480 e. The summed E-state index contributed by atoms with van der Waals surface area (Å²) in [6, 6.07) is 4.85. The van der Waals surface area contributed by atoms with E-state index in [1.165, 1.54) is 12.1 Å². The third kappa shape index (κ3) is 6.21. The molecule has 1 rings (SSSR count). The summed E-state index contributed by atoms with van der Waals surface area (Å²) in [6.07, 6.45) is 0. The molecule has 1 aromatic rings. The first kappa shape index (κ1) is 15.5. The summed E-state index contributed by atoms with van der Waals surface area (Å²) >= 11 is 1.16. The predicted molar refractivity (Wildman–Crippen MR) is 71.2 cm³/mol. The van der Waals surface area contributed by atoms with Gasteiger partial charge in [0, 0.05) is 12.3 Å². The van der Waals surface area contributed by atoms with E-state index < -0.39 is 12.0 Å². The molecule has 0 radical (unpaired) electrons. The molecule has 0 fully saturated rings. The Morgan fingerprint density at radius 1 is 1.37 bits per heavy atom. The molecule has 1 aromatic carbocycles. The van der Waals surface area contributed by atoms with Crippen LogP contribution in [0.2, 0.25) is 0 Å². The number of thioether (sulfide) groups is 1. The molecule has 0 saturated heterocycles. The van der Waals surface area contributed by atoms with Gasteiger partial charge in [-0.15, -0.1) is 11.8 Å². The normalized spacial score (nSPS) is 11.9. The quantitative estimate of drug-likeness (QED) is 0.682. The number of carboxylic acid groups (broad SMARTS) is 1. The van der Waals surface area contributed by atoms with Gasteiger partial charge in [-0.2, -0.15) is 0 Å². The van der Waals surface area contributed by atoms with Crippen molar-refractivity contribution in [1.29, 1.82) is 0 Å². The van der Waals surface area contributed by atoms with Crippen molar-refractivity contribution < 1.29 is 19.1 Å². The maximum atomic E-state index is 12.6. The lowest BCUT2D eigenvalue weighted by Gasteiger charge is -2.07. The Morgan fingerprint density at radius 3 is 2.58 bits per heavy atom. The Balaban J connectivity index is 2.21. The van der Waals surface area contributed by atoms with Crippen LogP contribution in [0.25, 0.3) is 0 Å². The summed E-state index contributed by atoms with van der Waals surface area (Å²) < 4.78 is 12.6. The average Bonchev–Trinajstić information content (AvgIpc) is 2.37. The van der Waals surface area contributed by atoms with Crippen LogP contribution < -0.4 is 11.1 Å². The standard InChI is InChI=1S/C12H15FN2O3S/c13-9-3-1-8(2-4-9)5-15-11(16)7-19-6-10(14)12(17)18/h1-4,10H,5-7,14H2,(H,15,16)(H,17,18). The van der Waals surface area contributed by atoms with Crippen molar-refractivity contribution in [1.82, 2.24) is 5.32 Å². The van der Waals surface area contributed by atoms with Crippen molar-refractivity contribution in [3.63, 3.8) is 0 Å². The van der Waals surface area contributed by atoms with Gasteiger partial charge in [0.25, 0.3) is 0 Å². The zero-order chi connectivity index (χ0) is 14.3. The first-order valence-corrected chi connectivity index (χ1v) is 6.72. The number of carbonyl (C=O) groups is 2. The zero-order valence-corrected chi connectivity index (χ0v) is 11.0. The van der Waals surface area contributed by atoms with Gasteiger partial charge >= 0.3 is 5.97 Å². The Morgan fingerprint density at radius 2 is 2.00 bits per heavy atom. The molecule has 1 unspecified atom stereocenters. The number of carbonyl (C=O) groups excluding carboxylic acids is 1. The van der Waals surface area contributed by atoms with Crippen molar-refractivity contribution in [2.75, 3.05) is 11.5 Å². The van der Waals surface area contributed by atoms with Gasteiger partial charge in [0.15, 0.2) is 0 Å². The molecule has 0 aliphatic rings. The molecule has 1 atom stereocenters. The lowest BCUT2D eigenvalue weighted by molar-refractivity contribution is -0.138. The van der Waals surface area contributed by atoms with Gasteiger partial charge in [-0.05, 0) is 17.7 Å². The summed E-state index contributed by atoms with van der Waals surface area (Å²) in [5, 5.41) is 11.2. The fourth-order valence-electron chi connectivity index (χ4n) is 1.20. The molecule has 0 bridgehead atoms. The van der Waals surface area contributed by atoms with Gasteiger partial charge < -0.3 is 16.2 Å². The number of hydrogen-bond acceptors (Lipinski definition) is 4. The summed E-state index contributed by atoms with van der Waals surface area (Å²) in [5.41, 5.74) is 6.09. The minimum absolute atomic E-state index is 0.141. The van der Waals surface area contributed by atoms with Crippen molar-refractivity contribution in [2.24, 2.45) is 5.73 Å². The summed E-state index contributed by atoms with van der Waals surface area (Å²) in [4.78, 5) is 21.9. The number of rotatable bonds is 7. The minimum atomic E-state index is -1.08. The first-order valence-electron chi connectivity index (χ1n) is 5.56. The molecule has 19 heavy (non-hydrogen) atoms. The number of aliphatic carboxylic acids is 1. The third-order valence-electron chi connectivity index (χ3n) is 2.25. The molecule has 1 amide bonds. The van der Waals surface area contributed by atoms with Crippen LogP contribution in [0.1, 0.15) is 5.56 Å². The molecule has 0 aliphatic heterocycles. The van der Waals surface area contributed by atoms with Crippen molar-refractivity contribution >= 4 is 23.6 Å². The van der Waals surface area contributed by atoms with Crippen LogP contribution in [0.4, 0.5) is 4.39 Å². The Hall–Kier alpha value is -1.60. The van der Waals surface area contributed by atoms with E-state index in [-0.39, 0.29) is 23.2 Å². The van der Waals surface area contributed by atoms with Gasteiger partial charge in [-0.1, -0.05) is 12.1 Å². The highest BCUT2D eigenvalue weighted by Crippen LogP contribution is 2.04. The molecule has 0 heterocycles. The largest absolute Gasteiger partial charge is 0.480 e. The number of nitrogens with one attached hydrogen (secondary N) is 1. The first-order chi connectivity index (χ1) is 8.99. The average molecular weight is 286 g/mol. The highest BCUT2D eigenvalue weighted by atomic mass is 32.2. The number of nitrogens with two attached hydrogens (primary N) is 1. The Bertz CT molecular complexity index is 439. The van der Waals surface area contributed by atoms with E-state index in [2.05, 4.69) is 5.32 Å². The molecule has 4 N–H and O–H groups in total. The zero-order valence-electron chi connectivity index (χ0n) is 10.1. The second-order valence-electron chi connectivity index (χ2n) is 3.86. The number of carboxylic acids is 1. The van der Waals surface area contributed by atoms with E-state index in [1.807, 2.05) is 0 Å². The maximum Gasteiger partial charge on any atom is 0.321 e. The van der Waals surface area contributed by atoms with E-state index in [0.29, 0.717) is 6.54 Å². The fraction of sp³-hybridized carbons (Fsp3) is 0.333. The number of benzene rings is 1. The summed E-state index contributed by atoms with van der Waals surface area (Å²) in [5.74, 6) is -1.30. The van der Waals surface area contributed by atoms with Crippen LogP contribution >= 0.6 is 11.8 Å². The van der Waals surface area contributed by atoms with Gasteiger partial charge in [-0.25, -0.2) is 4.39 Å². The van der Waals surface area contributed by atoms with E-state index in [4.69, 9.17) is 10.8 Å². The Kier molecular flexibility index (Phi) is 6.31. The van der Waals surface area contributed by atoms with Crippen molar-refractivity contribution in [3.05, 3.63) is 35.6 Å². The van der Waals surface area contributed by atoms with Gasteiger partial charge in [0.05, 0.1) is 5.75 Å². The summed E-state index contributed by atoms with van der Waals surface area (Å²) in [6.45, 7) is 0.310. The SMILES string of the molecule is NC(CSCC(=O)NCc1ccc(F)cc1)C(=O)O. The number of halogens is 1. The molecule has 104 valence electrons. The predicted octanol–water partition coefficient (Wildman–Crippen LogP) is 0.587. The number of amides is 1. The van der Waals surface area contributed by atoms with Gasteiger partial charge in [0.2, 0.25) is 5.91 Å². The van der Waals surface area contributed by atoms with Crippen molar-refractivity contribution in [2.45, 2.75) is 12.6 Å². The smallest absolute Gasteiger partial charge is 0.321 e. The van der Waals surface area contributed by atoms with Crippen LogP contribution in [0, 0.1) is 5.82 Å². The van der Waals surface area contributed by atoms with E-state index >= 15 is 0 Å². The lowest BCUT2D eigenvalue weighted by Crippen LogP contribution is -2.33. The Labute approximate surface area is 114 Å². The number of hydrogen-bond donors (Lipinski definition) is 3. The lowest BCUT2D eigenvalue weighted by atomic mass is 10.2. The molecular weight excluding hydrogens is 271 g/mol. The molecule has 0 saturated carbocycles. The second-order valence-corrected chi connectivity index (χ2v) is 4.89. The highest BCUT2D eigenvalue weighted by molar-refractivity contribution is 8.00. The molecule has 5 nitrogen and oxygen atoms in total.